The number of carbonyl (C=O) groups is 2. The highest BCUT2D eigenvalue weighted by molar-refractivity contribution is 7.89. The molecule has 4 heterocycles. The molecule has 0 saturated heterocycles. The predicted molar refractivity (Wildman–Crippen MR) is 247 cm³/mol. The summed E-state index contributed by atoms with van der Waals surface area (Å²) >= 11 is 9.53. The van der Waals surface area contributed by atoms with Crippen LogP contribution in [0.3, 0.4) is 0 Å². The van der Waals surface area contributed by atoms with Gasteiger partial charge in [0.25, 0.3) is 0 Å². The predicted octanol–water partition coefficient (Wildman–Crippen LogP) is 3.87. The number of carboxylic acids is 1. The number of carbonyl (C=O) groups excluding carboxylic acids is 1. The summed E-state index contributed by atoms with van der Waals surface area (Å²) in [5.74, 6) is 0.521. The van der Waals surface area contributed by atoms with E-state index in [9.17, 15) is 26.4 Å². The number of amides is 1. The minimum atomic E-state index is -3.56. The molecule has 0 unspecified atom stereocenters. The average molecular weight is 994 g/mol. The first-order valence-corrected chi connectivity index (χ1v) is 25.3. The molecule has 6 N–H and O–H groups in total. The number of hydrogen-bond acceptors (Lipinski definition) is 18. The second-order valence-electron chi connectivity index (χ2n) is 14.9. The fourth-order valence-electron chi connectivity index (χ4n) is 6.96. The summed E-state index contributed by atoms with van der Waals surface area (Å²) in [6.07, 6.45) is 8.94. The van der Waals surface area contributed by atoms with Crippen molar-refractivity contribution in [2.75, 3.05) is 41.7 Å². The van der Waals surface area contributed by atoms with Crippen LogP contribution in [0, 0.1) is 11.8 Å². The van der Waals surface area contributed by atoms with Crippen LogP contribution in [0.5, 0.6) is 11.5 Å². The Morgan fingerprint density at radius 1 is 0.727 bits per heavy atom. The summed E-state index contributed by atoms with van der Waals surface area (Å²) in [7, 11) is -6.73. The molecular weight excluding hydrogens is 944 g/mol. The van der Waals surface area contributed by atoms with E-state index in [1.165, 1.54) is 0 Å². The number of nitrogens with one attached hydrogen (secondary N) is 3. The van der Waals surface area contributed by atoms with Crippen LogP contribution in [-0.4, -0.2) is 127 Å². The molecule has 2 aliphatic rings. The number of hydrogen-bond donors (Lipinski definition) is 5. The molecule has 2 fully saturated rings. The van der Waals surface area contributed by atoms with Gasteiger partial charge in [-0.3, -0.25) is 14.3 Å². The summed E-state index contributed by atoms with van der Waals surface area (Å²) in [5, 5.41) is 36.7. The van der Waals surface area contributed by atoms with Gasteiger partial charge in [0.15, 0.2) is 22.3 Å². The Morgan fingerprint density at radius 3 is 1.48 bits per heavy atom. The summed E-state index contributed by atoms with van der Waals surface area (Å²) < 4.78 is 57.6. The lowest BCUT2D eigenvalue weighted by atomic mass is 10.1. The first-order chi connectivity index (χ1) is 31.4. The number of fused-ring (bicyclic) bond motifs is 2. The zero-order valence-electron chi connectivity index (χ0n) is 36.3. The summed E-state index contributed by atoms with van der Waals surface area (Å²) in [4.78, 5) is 40.9. The van der Waals surface area contributed by atoms with E-state index < -0.39 is 31.9 Å². The van der Waals surface area contributed by atoms with Crippen molar-refractivity contribution >= 4 is 89.3 Å². The molecule has 0 aliphatic heterocycles. The number of nitrogens with two attached hydrogens (primary N) is 1. The maximum Gasteiger partial charge on any atom is 0.306 e. The third kappa shape index (κ3) is 15.3. The maximum atomic E-state index is 12.1. The van der Waals surface area contributed by atoms with Crippen molar-refractivity contribution in [1.82, 2.24) is 54.6 Å². The van der Waals surface area contributed by atoms with Crippen LogP contribution < -0.4 is 30.0 Å². The normalized spacial score (nSPS) is 17.9. The summed E-state index contributed by atoms with van der Waals surface area (Å²) in [6.45, 7) is 5.06. The van der Waals surface area contributed by atoms with Crippen LogP contribution in [-0.2, 0) is 29.6 Å². The molecule has 23 nitrogen and oxygen atoms in total. The Bertz CT molecular complexity index is 2770. The average Bonchev–Trinajstić information content (AvgIpc) is 4.08. The minimum absolute atomic E-state index is 0.0393. The topological polar surface area (TPSA) is 316 Å². The largest absolute Gasteiger partial charge is 0.494 e. The number of aliphatic carboxylic acids is 1. The summed E-state index contributed by atoms with van der Waals surface area (Å²) in [5.41, 5.74) is 3.88. The van der Waals surface area contributed by atoms with Crippen LogP contribution in [0.2, 0.25) is 0 Å². The maximum absolute atomic E-state index is 12.1. The van der Waals surface area contributed by atoms with Gasteiger partial charge >= 0.3 is 5.97 Å². The molecule has 6 aromatic rings. The molecule has 27 heteroatoms. The number of rotatable bonds is 13. The molecule has 2 aliphatic carbocycles. The number of nitrogens with zero attached hydrogens (tertiary/aromatic N) is 10. The smallest absolute Gasteiger partial charge is 0.306 e. The van der Waals surface area contributed by atoms with Crippen molar-refractivity contribution in [3.8, 4) is 22.9 Å². The van der Waals surface area contributed by atoms with Crippen molar-refractivity contribution in [3.05, 3.63) is 60.9 Å². The van der Waals surface area contributed by atoms with Gasteiger partial charge in [-0.2, -0.15) is 19.3 Å². The fourth-order valence-corrected chi connectivity index (χ4v) is 7.49. The molecule has 356 valence electrons. The number of primary sulfonamides is 1. The van der Waals surface area contributed by atoms with Gasteiger partial charge in [-0.25, -0.2) is 31.9 Å². The fraction of sp³-hybridized carbons (Fsp3) is 0.436. The molecule has 2 saturated carbocycles. The standard InChI is InChI=1S/C19H23N7O4S.C18H20N6O3.CH2Cl2.CH5NO2S/c1-3-30-15-8-6-14(7-9-15)26-17-16(23-25-26)11-20-19(22-17)21-13-5-4-12(10-13)18(27)24-31(2,28)29;1-2-27-14-7-5-13(6-8-14)24-16-15(22-23-24)10-19-18(21-16)20-12-4-3-11(9-12)17(25)26;2-1-3;1-5(2,3)4/h6-9,11-13H,3-5,10H2,1-2H3,(H,24,27)(H,20,21,22);5-8,10-12H,2-4,9H2,1H3,(H,25,26)(H,19,20,21);1H2;1H3,(H2,2,3,4)/t12-,13-;11-,12-;;/m11../s1. The van der Waals surface area contributed by atoms with Crippen LogP contribution in [0.4, 0.5) is 11.9 Å². The third-order valence-corrected chi connectivity index (χ3v) is 10.3. The van der Waals surface area contributed by atoms with Gasteiger partial charge < -0.3 is 25.2 Å². The monoisotopic (exact) mass is 992 g/mol. The number of aromatic nitrogens is 10. The third-order valence-electron chi connectivity index (χ3n) is 9.71. The number of halogens is 2. The van der Waals surface area contributed by atoms with Gasteiger partial charge in [-0.05, 0) is 101 Å². The molecule has 0 radical (unpaired) electrons. The second kappa shape index (κ2) is 23.4. The van der Waals surface area contributed by atoms with E-state index in [0.29, 0.717) is 79.5 Å². The van der Waals surface area contributed by atoms with E-state index in [2.05, 4.69) is 56.3 Å². The van der Waals surface area contributed by atoms with E-state index in [-0.39, 0.29) is 29.3 Å². The highest BCUT2D eigenvalue weighted by atomic mass is 35.5. The van der Waals surface area contributed by atoms with Gasteiger partial charge in [0, 0.05) is 18.0 Å². The van der Waals surface area contributed by atoms with E-state index in [1.54, 1.807) is 21.8 Å². The molecule has 66 heavy (non-hydrogen) atoms. The zero-order valence-corrected chi connectivity index (χ0v) is 39.4. The molecule has 4 atom stereocenters. The lowest BCUT2D eigenvalue weighted by Crippen LogP contribution is -2.34. The van der Waals surface area contributed by atoms with Gasteiger partial charge in [-0.15, -0.1) is 33.4 Å². The van der Waals surface area contributed by atoms with Crippen LogP contribution >= 0.6 is 23.2 Å². The van der Waals surface area contributed by atoms with Crippen LogP contribution in [0.15, 0.2) is 60.9 Å². The second-order valence-corrected chi connectivity index (χ2v) is 19.1. The number of alkyl halides is 2. The van der Waals surface area contributed by atoms with Crippen molar-refractivity contribution < 1.29 is 41.0 Å². The number of ether oxygens (including phenoxy) is 2. The Morgan fingerprint density at radius 2 is 1.12 bits per heavy atom. The number of carboxylic acid groups (broad SMARTS) is 1. The first kappa shape index (κ1) is 51.0. The molecule has 4 aromatic heterocycles. The highest BCUT2D eigenvalue weighted by Gasteiger charge is 2.32. The molecule has 0 spiro atoms. The Hall–Kier alpha value is -6.02. The number of anilines is 2. The Labute approximate surface area is 390 Å². The van der Waals surface area contributed by atoms with Crippen LogP contribution in [0.1, 0.15) is 52.4 Å². The first-order valence-electron chi connectivity index (χ1n) is 20.4. The van der Waals surface area contributed by atoms with Gasteiger partial charge in [0.05, 0.1) is 60.8 Å². The van der Waals surface area contributed by atoms with Gasteiger partial charge in [-0.1, -0.05) is 10.4 Å². The lowest BCUT2D eigenvalue weighted by molar-refractivity contribution is -0.141. The quantitative estimate of drug-likeness (QED) is 0.103. The van der Waals surface area contributed by atoms with Crippen molar-refractivity contribution in [2.45, 2.75) is 64.5 Å². The molecule has 0 bridgehead atoms. The van der Waals surface area contributed by atoms with Crippen molar-refractivity contribution in [3.63, 3.8) is 0 Å². The minimum Gasteiger partial charge on any atom is -0.494 e. The van der Waals surface area contributed by atoms with E-state index in [4.69, 9.17) is 37.8 Å². The number of sulfonamides is 2. The Balaban J connectivity index is 0.000000214. The SMILES string of the molecule is CCOc1ccc(-n2nnc3cnc(N[C@@H]4CC[C@@H](C(=O)NS(C)(=O)=O)C4)nc32)cc1.CCOc1ccc(-n2nnc3cnc(N[C@@H]4CC[C@@H](C(=O)O)C4)nc32)cc1.CS(N)(=O)=O.ClCCl. The van der Waals surface area contributed by atoms with Crippen LogP contribution in [0.25, 0.3) is 33.7 Å². The Kier molecular flexibility index (Phi) is 18.1. The molecular formula is C39H50Cl2N14O9S2. The van der Waals surface area contributed by atoms with Crippen molar-refractivity contribution in [1.29, 1.82) is 0 Å². The molecule has 2 aromatic carbocycles. The van der Waals surface area contributed by atoms with Gasteiger partial charge in [0.2, 0.25) is 37.9 Å². The molecule has 8 rings (SSSR count). The van der Waals surface area contributed by atoms with Crippen molar-refractivity contribution in [2.24, 2.45) is 17.0 Å². The number of benzene rings is 2. The van der Waals surface area contributed by atoms with E-state index in [1.807, 2.05) is 67.1 Å². The lowest BCUT2D eigenvalue weighted by Gasteiger charge is -2.13. The molecule has 1 amide bonds. The van der Waals surface area contributed by atoms with Gasteiger partial charge in [0.1, 0.15) is 11.5 Å². The highest BCUT2D eigenvalue weighted by Crippen LogP contribution is 2.29. The summed E-state index contributed by atoms with van der Waals surface area (Å²) in [6, 6.07) is 15.0. The zero-order chi connectivity index (χ0) is 48.0. The van der Waals surface area contributed by atoms with E-state index in [0.717, 1.165) is 41.8 Å². The van der Waals surface area contributed by atoms with E-state index >= 15 is 0 Å².